The van der Waals surface area contributed by atoms with Crippen LogP contribution < -0.4 is 5.32 Å². The molecule has 1 N–H and O–H groups in total. The van der Waals surface area contributed by atoms with E-state index >= 15 is 0 Å². The first-order chi connectivity index (χ1) is 26.9. The minimum atomic E-state index is -4.44. The number of nitrogens with one attached hydrogen (secondary N) is 1. The molecule has 296 valence electrons. The number of alkyl halides is 3. The lowest BCUT2D eigenvalue weighted by molar-refractivity contribution is -0.147. The number of benzene rings is 2. The van der Waals surface area contributed by atoms with Gasteiger partial charge in [0.05, 0.1) is 31.0 Å². The molecule has 3 aliphatic rings. The van der Waals surface area contributed by atoms with Crippen molar-refractivity contribution in [1.82, 2.24) is 10.2 Å². The van der Waals surface area contributed by atoms with Gasteiger partial charge in [-0.2, -0.15) is 13.2 Å². The molecule has 0 aliphatic heterocycles. The molecule has 0 aromatic heterocycles. The van der Waals surface area contributed by atoms with Gasteiger partial charge in [0.15, 0.2) is 0 Å². The number of halogens is 3. The second-order valence-corrected chi connectivity index (χ2v) is 14.0. The van der Waals surface area contributed by atoms with Gasteiger partial charge in [-0.1, -0.05) is 78.9 Å². The summed E-state index contributed by atoms with van der Waals surface area (Å²) in [5.74, 6) is -2.05. The van der Waals surface area contributed by atoms with Crippen LogP contribution in [0.4, 0.5) is 13.2 Å². The molecule has 9 nitrogen and oxygen atoms in total. The van der Waals surface area contributed by atoms with Crippen LogP contribution in [0.1, 0.15) is 72.3 Å². The first-order valence-electron chi connectivity index (χ1n) is 18.7. The maximum atomic E-state index is 13.6. The lowest BCUT2D eigenvalue weighted by Crippen LogP contribution is -2.32. The normalized spacial score (nSPS) is 19.2. The van der Waals surface area contributed by atoms with Gasteiger partial charge in [-0.15, -0.1) is 0 Å². The van der Waals surface area contributed by atoms with Crippen LogP contribution >= 0.6 is 0 Å². The molecule has 0 radical (unpaired) electrons. The van der Waals surface area contributed by atoms with E-state index in [1.165, 1.54) is 11.0 Å². The van der Waals surface area contributed by atoms with Crippen LogP contribution in [0.2, 0.25) is 0 Å². The van der Waals surface area contributed by atoms with Gasteiger partial charge in [0.1, 0.15) is 6.10 Å². The fourth-order valence-corrected chi connectivity index (χ4v) is 6.59. The van der Waals surface area contributed by atoms with Crippen LogP contribution in [-0.4, -0.2) is 68.2 Å². The number of carbonyl (C=O) groups excluding carboxylic acids is 4. The van der Waals surface area contributed by atoms with Crippen molar-refractivity contribution < 1.29 is 46.6 Å². The highest BCUT2D eigenvalue weighted by Crippen LogP contribution is 2.36. The Balaban J connectivity index is 1.05. The standard InChI is InChI=1S/C44H47F3N2O7/c1-49(2)42(52)38-28-30(16-25-39(38)48-41(51)37-14-7-6-13-36(37)32-17-21-34(22-18-32)44(45,46)47)12-8-15-40(50)56-35-23-19-33(20-24-35)43(53)55-27-9-26-54-29-31-10-4-3-5-11-31/h3-7,10-11,13-14,16-17,19-23,25,30,32,35H,8-9,12,15,18,24,26-29H2,1-2H3,(H,48,51). The van der Waals surface area contributed by atoms with Crippen molar-refractivity contribution >= 4 is 23.8 Å². The maximum absolute atomic E-state index is 13.6. The van der Waals surface area contributed by atoms with Gasteiger partial charge in [-0.05, 0) is 67.0 Å². The third kappa shape index (κ3) is 12.0. The number of carbonyl (C=O) groups is 4. The second kappa shape index (κ2) is 19.9. The zero-order valence-corrected chi connectivity index (χ0v) is 31.6. The summed E-state index contributed by atoms with van der Waals surface area (Å²) in [6.45, 7) is 1.20. The molecule has 5 rings (SSSR count). The van der Waals surface area contributed by atoms with Crippen LogP contribution in [0.15, 0.2) is 126 Å². The van der Waals surface area contributed by atoms with Crippen LogP contribution in [0.25, 0.3) is 0 Å². The van der Waals surface area contributed by atoms with Crippen LogP contribution in [0.5, 0.6) is 0 Å². The van der Waals surface area contributed by atoms with Crippen LogP contribution in [0, 0.1) is 5.92 Å². The maximum Gasteiger partial charge on any atom is 0.416 e. The van der Waals surface area contributed by atoms with E-state index in [0.29, 0.717) is 73.3 Å². The molecule has 3 unspecified atom stereocenters. The highest BCUT2D eigenvalue weighted by Gasteiger charge is 2.34. The van der Waals surface area contributed by atoms with Gasteiger partial charge in [-0.3, -0.25) is 14.4 Å². The highest BCUT2D eigenvalue weighted by atomic mass is 19.4. The second-order valence-electron chi connectivity index (χ2n) is 14.0. The van der Waals surface area contributed by atoms with Gasteiger partial charge in [0, 0.05) is 56.1 Å². The van der Waals surface area contributed by atoms with Crippen molar-refractivity contribution in [2.24, 2.45) is 5.92 Å². The topological polar surface area (TPSA) is 111 Å². The Labute approximate surface area is 325 Å². The molecule has 0 saturated carbocycles. The van der Waals surface area contributed by atoms with E-state index in [1.54, 1.807) is 62.7 Å². The molecule has 2 aromatic carbocycles. The van der Waals surface area contributed by atoms with Gasteiger partial charge >= 0.3 is 18.1 Å². The van der Waals surface area contributed by atoms with Crippen LogP contribution in [0.3, 0.4) is 0 Å². The van der Waals surface area contributed by atoms with Gasteiger partial charge in [0.2, 0.25) is 0 Å². The Kier molecular flexibility index (Phi) is 14.8. The van der Waals surface area contributed by atoms with Gasteiger partial charge < -0.3 is 24.4 Å². The molecule has 0 bridgehead atoms. The van der Waals surface area contributed by atoms with E-state index < -0.39 is 35.6 Å². The summed E-state index contributed by atoms with van der Waals surface area (Å²) in [4.78, 5) is 53.4. The fourth-order valence-electron chi connectivity index (χ4n) is 6.59. The summed E-state index contributed by atoms with van der Waals surface area (Å²) < 4.78 is 56.0. The molecule has 0 fully saturated rings. The number of rotatable bonds is 16. The van der Waals surface area contributed by atoms with Crippen molar-refractivity contribution in [2.75, 3.05) is 27.3 Å². The molecule has 12 heteroatoms. The average molecular weight is 773 g/mol. The molecule has 0 heterocycles. The lowest BCUT2D eigenvalue weighted by Gasteiger charge is -2.25. The van der Waals surface area contributed by atoms with Gasteiger partial charge in [-0.25, -0.2) is 4.79 Å². The molecule has 0 saturated heterocycles. The summed E-state index contributed by atoms with van der Waals surface area (Å²) in [6, 6.07) is 16.6. The Morgan fingerprint density at radius 3 is 2.32 bits per heavy atom. The van der Waals surface area contributed by atoms with E-state index in [2.05, 4.69) is 5.32 Å². The third-order valence-electron chi connectivity index (χ3n) is 9.58. The number of hydrogen-bond acceptors (Lipinski definition) is 7. The van der Waals surface area contributed by atoms with E-state index in [0.717, 1.165) is 17.7 Å². The van der Waals surface area contributed by atoms with E-state index in [9.17, 15) is 32.3 Å². The molecule has 3 aliphatic carbocycles. The lowest BCUT2D eigenvalue weighted by atomic mass is 9.86. The summed E-state index contributed by atoms with van der Waals surface area (Å²) in [6.07, 6.45) is 9.88. The first-order valence-corrected chi connectivity index (χ1v) is 18.7. The largest absolute Gasteiger partial charge is 0.462 e. The monoisotopic (exact) mass is 772 g/mol. The van der Waals surface area contributed by atoms with Crippen molar-refractivity contribution in [2.45, 2.75) is 69.8 Å². The number of amides is 2. The summed E-state index contributed by atoms with van der Waals surface area (Å²) in [7, 11) is 3.24. The quantitative estimate of drug-likeness (QED) is 0.136. The number of allylic oxidation sites excluding steroid dienone is 6. The summed E-state index contributed by atoms with van der Waals surface area (Å²) in [5, 5.41) is 2.87. The third-order valence-corrected chi connectivity index (χ3v) is 9.58. The number of esters is 2. The highest BCUT2D eigenvalue weighted by molar-refractivity contribution is 6.00. The molecule has 0 spiro atoms. The minimum Gasteiger partial charge on any atom is -0.462 e. The minimum absolute atomic E-state index is 0.0712. The molecular weight excluding hydrogens is 725 g/mol. The Bertz CT molecular complexity index is 1920. The van der Waals surface area contributed by atoms with E-state index in [4.69, 9.17) is 14.2 Å². The molecular formula is C44H47F3N2O7. The molecule has 56 heavy (non-hydrogen) atoms. The molecule has 3 atom stereocenters. The van der Waals surface area contributed by atoms with Crippen molar-refractivity contribution in [1.29, 1.82) is 0 Å². The number of hydrogen-bond donors (Lipinski definition) is 1. The number of nitrogens with zero attached hydrogens (tertiary/aromatic N) is 1. The number of ether oxygens (including phenoxy) is 3. The number of likely N-dealkylation sites (N-methyl/N-ethyl adjacent to an activating group) is 1. The Morgan fingerprint density at radius 1 is 0.857 bits per heavy atom. The van der Waals surface area contributed by atoms with Crippen molar-refractivity contribution in [3.63, 3.8) is 0 Å². The summed E-state index contributed by atoms with van der Waals surface area (Å²) in [5.41, 5.74) is 2.42. The molecule has 2 aromatic rings. The Hall–Kier alpha value is -5.49. The first kappa shape index (κ1) is 41.7. The Morgan fingerprint density at radius 2 is 1.62 bits per heavy atom. The van der Waals surface area contributed by atoms with Crippen LogP contribution in [-0.2, 0) is 35.2 Å². The predicted molar refractivity (Wildman–Crippen MR) is 205 cm³/mol. The van der Waals surface area contributed by atoms with Gasteiger partial charge in [0.25, 0.3) is 11.8 Å². The zero-order chi connectivity index (χ0) is 40.1. The smallest absolute Gasteiger partial charge is 0.416 e. The van der Waals surface area contributed by atoms with Crippen molar-refractivity contribution in [3.05, 3.63) is 142 Å². The predicted octanol–water partition coefficient (Wildman–Crippen LogP) is 7.99. The SMILES string of the molecule is CN(C)C(=O)C1=C(NC(=O)c2ccccc2C2C=CC(C(F)(F)F)=CC2)C=CC(CCCC(=O)OC2C=CC(C(=O)OCCCOCc3ccccc3)=CC2)C1. The molecule has 2 amide bonds. The summed E-state index contributed by atoms with van der Waals surface area (Å²) >= 11 is 0. The van der Waals surface area contributed by atoms with Crippen molar-refractivity contribution in [3.8, 4) is 0 Å². The fraction of sp³-hybridized carbons (Fsp3) is 0.364. The van der Waals surface area contributed by atoms with E-state index in [-0.39, 0.29) is 37.2 Å². The average Bonchev–Trinajstić information content (AvgIpc) is 3.19. The zero-order valence-electron chi connectivity index (χ0n) is 31.6. The van der Waals surface area contributed by atoms with E-state index in [1.807, 2.05) is 36.4 Å².